The van der Waals surface area contributed by atoms with Crippen molar-refractivity contribution < 1.29 is 4.42 Å². The van der Waals surface area contributed by atoms with Gasteiger partial charge in [-0.1, -0.05) is 121 Å². The van der Waals surface area contributed by atoms with Gasteiger partial charge in [0.15, 0.2) is 0 Å². The smallest absolute Gasteiger partial charge is 0.200 e. The molecule has 3 aromatic heterocycles. The van der Waals surface area contributed by atoms with Crippen LogP contribution >= 0.6 is 0 Å². The van der Waals surface area contributed by atoms with Crippen molar-refractivity contribution >= 4 is 60.0 Å². The van der Waals surface area contributed by atoms with Gasteiger partial charge < -0.3 is 8.82 Å². The minimum Gasteiger partial charge on any atom is -0.455 e. The predicted molar refractivity (Wildman–Crippen MR) is 216 cm³/mol. The summed E-state index contributed by atoms with van der Waals surface area (Å²) in [5.41, 5.74) is 13.7. The van der Waals surface area contributed by atoms with E-state index in [4.69, 9.17) is 4.42 Å². The number of fused-ring (bicyclic) bond motifs is 8. The van der Waals surface area contributed by atoms with E-state index in [9.17, 15) is 4.79 Å². The first-order chi connectivity index (χ1) is 25.7. The molecule has 3 heterocycles. The molecule has 0 N–H and O–H groups in total. The molecule has 0 aliphatic heterocycles. The highest BCUT2D eigenvalue weighted by molar-refractivity contribution is 6.26. The molecule has 0 unspecified atom stereocenters. The molecule has 0 spiro atoms. The molecule has 0 amide bonds. The summed E-state index contributed by atoms with van der Waals surface area (Å²) < 4.78 is 8.86. The number of nitrogens with zero attached hydrogens (tertiary/aromatic N) is 1. The number of para-hydroxylation sites is 4. The van der Waals surface area contributed by atoms with Crippen LogP contribution in [0.1, 0.15) is 0 Å². The average Bonchev–Trinajstić information content (AvgIpc) is 3.74. The molecular formula is C49H29NO2. The van der Waals surface area contributed by atoms with E-state index < -0.39 is 0 Å². The fraction of sp³-hybridized carbons (Fsp3) is 0. The van der Waals surface area contributed by atoms with Crippen LogP contribution in [0, 0.1) is 0 Å². The maximum absolute atomic E-state index is 13.5. The molecule has 0 fully saturated rings. The summed E-state index contributed by atoms with van der Waals surface area (Å²) in [5, 5.41) is 6.26. The summed E-state index contributed by atoms with van der Waals surface area (Å²) in [6, 6.07) is 61.5. The predicted octanol–water partition coefficient (Wildman–Crippen LogP) is 12.8. The zero-order valence-electron chi connectivity index (χ0n) is 28.0. The van der Waals surface area contributed by atoms with E-state index >= 15 is 0 Å². The molecule has 0 aliphatic rings. The van der Waals surface area contributed by atoms with Crippen LogP contribution in [0.5, 0.6) is 0 Å². The molecule has 52 heavy (non-hydrogen) atoms. The first-order valence-electron chi connectivity index (χ1n) is 17.6. The second kappa shape index (κ2) is 11.0. The van der Waals surface area contributed by atoms with Crippen molar-refractivity contribution in [3.63, 3.8) is 0 Å². The molecular weight excluding hydrogens is 635 g/mol. The molecule has 0 atom stereocenters. The largest absolute Gasteiger partial charge is 0.455 e. The lowest BCUT2D eigenvalue weighted by molar-refractivity contribution is 0.661. The zero-order chi connectivity index (χ0) is 34.3. The number of benzene rings is 8. The Hall–Kier alpha value is -6.97. The summed E-state index contributed by atoms with van der Waals surface area (Å²) in [4.78, 5) is 13.5. The van der Waals surface area contributed by atoms with Gasteiger partial charge >= 0.3 is 0 Å². The SMILES string of the molecule is O=c1c2ccccc2oc2c(-c3cccc(-c4cc(-c5ccccc5)cc(-c5cccc6c5c5cccc7c8ccccc8n6c75)c4)c3)cccc12. The van der Waals surface area contributed by atoms with Gasteiger partial charge in [0.2, 0.25) is 5.43 Å². The number of aromatic nitrogens is 1. The Bertz CT molecular complexity index is 3260. The van der Waals surface area contributed by atoms with Crippen LogP contribution in [0.4, 0.5) is 0 Å². The van der Waals surface area contributed by atoms with Crippen molar-refractivity contribution in [1.82, 2.24) is 4.40 Å². The summed E-state index contributed by atoms with van der Waals surface area (Å²) in [6.45, 7) is 0. The molecule has 0 bridgehead atoms. The standard InChI is InChI=1S/C49H29NO2/c51-48-40-17-5-7-25-45(40)52-49-37(19-9-22-42(48)49)32-15-8-14-31(26-32)34-27-33(30-12-2-1-3-13-30)28-35(29-34)36-18-11-24-44-46(36)41-21-10-20-39-38-16-4-6-23-43(38)50(44)47(39)41/h1-29H. The van der Waals surface area contributed by atoms with Crippen molar-refractivity contribution in [2.24, 2.45) is 0 Å². The first-order valence-corrected chi connectivity index (χ1v) is 17.6. The van der Waals surface area contributed by atoms with E-state index in [0.29, 0.717) is 21.9 Å². The Morgan fingerprint density at radius 3 is 1.87 bits per heavy atom. The van der Waals surface area contributed by atoms with Gasteiger partial charge in [0.1, 0.15) is 11.2 Å². The fourth-order valence-corrected chi connectivity index (χ4v) is 8.39. The number of rotatable bonds is 4. The Balaban J connectivity index is 1.15. The lowest BCUT2D eigenvalue weighted by Crippen LogP contribution is -2.02. The molecule has 11 aromatic rings. The zero-order valence-corrected chi connectivity index (χ0v) is 28.0. The molecule has 3 nitrogen and oxygen atoms in total. The monoisotopic (exact) mass is 663 g/mol. The van der Waals surface area contributed by atoms with Crippen LogP contribution in [-0.4, -0.2) is 4.40 Å². The normalized spacial score (nSPS) is 11.9. The molecule has 242 valence electrons. The third-order valence-electron chi connectivity index (χ3n) is 10.7. The van der Waals surface area contributed by atoms with E-state index in [1.165, 1.54) is 43.7 Å². The van der Waals surface area contributed by atoms with Crippen molar-refractivity contribution in [3.05, 3.63) is 186 Å². The van der Waals surface area contributed by atoms with Crippen LogP contribution in [0.2, 0.25) is 0 Å². The topological polar surface area (TPSA) is 34.6 Å². The van der Waals surface area contributed by atoms with Crippen LogP contribution in [0.15, 0.2) is 185 Å². The Morgan fingerprint density at radius 1 is 0.385 bits per heavy atom. The molecule has 3 heteroatoms. The minimum absolute atomic E-state index is 0.0131. The second-order valence-electron chi connectivity index (χ2n) is 13.6. The molecule has 11 rings (SSSR count). The van der Waals surface area contributed by atoms with Gasteiger partial charge in [0, 0.05) is 27.1 Å². The van der Waals surface area contributed by atoms with Crippen molar-refractivity contribution in [1.29, 1.82) is 0 Å². The highest BCUT2D eigenvalue weighted by atomic mass is 16.3. The summed E-state index contributed by atoms with van der Waals surface area (Å²) in [6.07, 6.45) is 0. The third-order valence-corrected chi connectivity index (χ3v) is 10.7. The summed E-state index contributed by atoms with van der Waals surface area (Å²) >= 11 is 0. The highest BCUT2D eigenvalue weighted by Gasteiger charge is 2.20. The second-order valence-corrected chi connectivity index (χ2v) is 13.6. The van der Waals surface area contributed by atoms with Gasteiger partial charge in [0.05, 0.1) is 27.3 Å². The van der Waals surface area contributed by atoms with Gasteiger partial charge in [-0.25, -0.2) is 0 Å². The van der Waals surface area contributed by atoms with Gasteiger partial charge in [-0.3, -0.25) is 4.79 Å². The van der Waals surface area contributed by atoms with Crippen molar-refractivity contribution in [2.75, 3.05) is 0 Å². The Kier molecular flexibility index (Phi) is 6.11. The molecule has 0 radical (unpaired) electrons. The van der Waals surface area contributed by atoms with Gasteiger partial charge in [0.25, 0.3) is 0 Å². The number of hydrogen-bond acceptors (Lipinski definition) is 2. The Morgan fingerprint density at radius 2 is 0.962 bits per heavy atom. The van der Waals surface area contributed by atoms with E-state index in [2.05, 4.69) is 138 Å². The van der Waals surface area contributed by atoms with Crippen molar-refractivity contribution in [3.8, 4) is 44.5 Å². The van der Waals surface area contributed by atoms with Crippen LogP contribution in [-0.2, 0) is 0 Å². The molecule has 0 saturated carbocycles. The van der Waals surface area contributed by atoms with Gasteiger partial charge in [-0.2, -0.15) is 0 Å². The minimum atomic E-state index is -0.0131. The summed E-state index contributed by atoms with van der Waals surface area (Å²) in [5.74, 6) is 0. The van der Waals surface area contributed by atoms with Crippen LogP contribution in [0.3, 0.4) is 0 Å². The lowest BCUT2D eigenvalue weighted by atomic mass is 9.90. The molecule has 0 aliphatic carbocycles. The van der Waals surface area contributed by atoms with E-state index in [0.717, 1.165) is 38.9 Å². The lowest BCUT2D eigenvalue weighted by Gasteiger charge is -2.14. The third kappa shape index (κ3) is 4.17. The van der Waals surface area contributed by atoms with E-state index in [1.54, 1.807) is 0 Å². The molecule has 8 aromatic carbocycles. The first kappa shape index (κ1) is 28.8. The van der Waals surface area contributed by atoms with Crippen LogP contribution < -0.4 is 5.43 Å². The Labute approximate surface area is 298 Å². The number of hydrogen-bond donors (Lipinski definition) is 0. The summed E-state index contributed by atoms with van der Waals surface area (Å²) in [7, 11) is 0. The van der Waals surface area contributed by atoms with Gasteiger partial charge in [-0.15, -0.1) is 0 Å². The van der Waals surface area contributed by atoms with E-state index in [1.807, 2.05) is 42.5 Å². The average molecular weight is 664 g/mol. The van der Waals surface area contributed by atoms with Crippen LogP contribution in [0.25, 0.3) is 105 Å². The fourth-order valence-electron chi connectivity index (χ4n) is 8.39. The maximum atomic E-state index is 13.5. The molecule has 0 saturated heterocycles. The maximum Gasteiger partial charge on any atom is 0.200 e. The highest BCUT2D eigenvalue weighted by Crippen LogP contribution is 2.44. The van der Waals surface area contributed by atoms with Gasteiger partial charge in [-0.05, 0) is 93.5 Å². The van der Waals surface area contributed by atoms with E-state index in [-0.39, 0.29) is 5.43 Å². The quantitative estimate of drug-likeness (QED) is 0.176. The van der Waals surface area contributed by atoms with Crippen molar-refractivity contribution in [2.45, 2.75) is 0 Å².